The fraction of sp³-hybridized carbons (Fsp3) is 0.500. The molecule has 1 aliphatic rings. The lowest BCUT2D eigenvalue weighted by molar-refractivity contribution is -0.125. The fourth-order valence-electron chi connectivity index (χ4n) is 2.31. The molecule has 0 saturated carbocycles. The van der Waals surface area contributed by atoms with Gasteiger partial charge < -0.3 is 16.0 Å². The number of pyridine rings is 1. The summed E-state index contributed by atoms with van der Waals surface area (Å²) in [7, 11) is 1.80. The first-order chi connectivity index (χ1) is 8.18. The van der Waals surface area contributed by atoms with E-state index >= 15 is 0 Å². The maximum atomic E-state index is 11.5. The van der Waals surface area contributed by atoms with Crippen molar-refractivity contribution >= 4 is 11.6 Å². The smallest absolute Gasteiger partial charge is 0.237 e. The number of anilines is 1. The Labute approximate surface area is 101 Å². The summed E-state index contributed by atoms with van der Waals surface area (Å²) in [5, 5.41) is 3.07. The fourth-order valence-corrected chi connectivity index (χ4v) is 2.31. The lowest BCUT2D eigenvalue weighted by atomic mass is 9.87. The van der Waals surface area contributed by atoms with Crippen LogP contribution in [0.4, 0.5) is 5.69 Å². The standard InChI is InChI=1S/C12H18N4O/c1-14-12(11(13)17)4-7-16(8-5-12)10-3-2-6-15-9-10/h2-3,6,9,14H,4-5,7-8H2,1H3,(H2,13,17). The normalized spacial score (nSPS) is 19.0. The van der Waals surface area contributed by atoms with Gasteiger partial charge in [-0.25, -0.2) is 0 Å². The molecule has 2 heterocycles. The highest BCUT2D eigenvalue weighted by Crippen LogP contribution is 2.25. The van der Waals surface area contributed by atoms with Gasteiger partial charge in [-0.15, -0.1) is 0 Å². The zero-order valence-electron chi connectivity index (χ0n) is 10.0. The van der Waals surface area contributed by atoms with Gasteiger partial charge in [-0.2, -0.15) is 0 Å². The third kappa shape index (κ3) is 2.24. The molecule has 0 bridgehead atoms. The van der Waals surface area contributed by atoms with Gasteiger partial charge in [0.15, 0.2) is 0 Å². The topological polar surface area (TPSA) is 71.2 Å². The van der Waals surface area contributed by atoms with Crippen molar-refractivity contribution in [2.75, 3.05) is 25.0 Å². The van der Waals surface area contributed by atoms with Crippen molar-refractivity contribution in [2.24, 2.45) is 5.73 Å². The van der Waals surface area contributed by atoms with Crippen molar-refractivity contribution < 1.29 is 4.79 Å². The van der Waals surface area contributed by atoms with Gasteiger partial charge in [0.1, 0.15) is 5.54 Å². The van der Waals surface area contributed by atoms with Crippen molar-refractivity contribution in [1.29, 1.82) is 0 Å². The Balaban J connectivity index is 2.05. The van der Waals surface area contributed by atoms with Crippen molar-refractivity contribution in [3.05, 3.63) is 24.5 Å². The van der Waals surface area contributed by atoms with Gasteiger partial charge in [0.25, 0.3) is 0 Å². The predicted molar refractivity (Wildman–Crippen MR) is 66.7 cm³/mol. The minimum absolute atomic E-state index is 0.258. The summed E-state index contributed by atoms with van der Waals surface area (Å²) in [5.74, 6) is -0.258. The Kier molecular flexibility index (Phi) is 3.28. The van der Waals surface area contributed by atoms with Crippen LogP contribution in [0, 0.1) is 0 Å². The average molecular weight is 234 g/mol. The molecular formula is C12H18N4O. The third-order valence-electron chi connectivity index (χ3n) is 3.58. The van der Waals surface area contributed by atoms with Crippen molar-refractivity contribution in [1.82, 2.24) is 10.3 Å². The first-order valence-electron chi connectivity index (χ1n) is 5.82. The van der Waals surface area contributed by atoms with Crippen LogP contribution in [0.2, 0.25) is 0 Å². The molecule has 0 aliphatic carbocycles. The number of hydrogen-bond acceptors (Lipinski definition) is 4. The van der Waals surface area contributed by atoms with Gasteiger partial charge in [-0.3, -0.25) is 9.78 Å². The highest BCUT2D eigenvalue weighted by Gasteiger charge is 2.38. The van der Waals surface area contributed by atoms with E-state index in [4.69, 9.17) is 5.73 Å². The number of amides is 1. The number of piperidine rings is 1. The lowest BCUT2D eigenvalue weighted by Gasteiger charge is -2.40. The van der Waals surface area contributed by atoms with Crippen molar-refractivity contribution in [2.45, 2.75) is 18.4 Å². The van der Waals surface area contributed by atoms with Gasteiger partial charge in [0, 0.05) is 19.3 Å². The van der Waals surface area contributed by atoms with Crippen LogP contribution in [0.15, 0.2) is 24.5 Å². The number of nitrogens with two attached hydrogens (primary N) is 1. The van der Waals surface area contributed by atoms with Crippen LogP contribution < -0.4 is 16.0 Å². The Bertz CT molecular complexity index is 385. The molecule has 0 spiro atoms. The van der Waals surface area contributed by atoms with E-state index in [1.165, 1.54) is 0 Å². The summed E-state index contributed by atoms with van der Waals surface area (Å²) in [6, 6.07) is 3.95. The molecule has 1 aromatic rings. The Morgan fingerprint density at radius 2 is 2.24 bits per heavy atom. The summed E-state index contributed by atoms with van der Waals surface area (Å²) in [6.45, 7) is 1.63. The van der Waals surface area contributed by atoms with E-state index in [1.807, 2.05) is 18.3 Å². The van der Waals surface area contributed by atoms with Gasteiger partial charge in [0.2, 0.25) is 5.91 Å². The van der Waals surface area contributed by atoms with Gasteiger partial charge >= 0.3 is 0 Å². The molecule has 92 valence electrons. The largest absolute Gasteiger partial charge is 0.370 e. The van der Waals surface area contributed by atoms with Crippen LogP contribution in [0.25, 0.3) is 0 Å². The van der Waals surface area contributed by atoms with E-state index in [0.717, 1.165) is 31.6 Å². The predicted octanol–water partition coefficient (Wildman–Crippen LogP) is 0.125. The summed E-state index contributed by atoms with van der Waals surface area (Å²) in [5.41, 5.74) is 6.02. The molecule has 5 heteroatoms. The SMILES string of the molecule is CNC1(C(N)=O)CCN(c2cccnc2)CC1. The number of likely N-dealkylation sites (N-methyl/N-ethyl adjacent to an activating group) is 1. The zero-order valence-corrected chi connectivity index (χ0v) is 10.0. The van der Waals surface area contributed by atoms with Gasteiger partial charge in [-0.05, 0) is 32.0 Å². The van der Waals surface area contributed by atoms with Gasteiger partial charge in [-0.1, -0.05) is 0 Å². The van der Waals surface area contributed by atoms with Crippen molar-refractivity contribution in [3.63, 3.8) is 0 Å². The minimum Gasteiger partial charge on any atom is -0.370 e. The van der Waals surface area contributed by atoms with E-state index in [2.05, 4.69) is 15.2 Å². The molecule has 0 radical (unpaired) electrons. The lowest BCUT2D eigenvalue weighted by Crippen LogP contribution is -2.59. The van der Waals surface area contributed by atoms with Crippen LogP contribution in [-0.4, -0.2) is 36.6 Å². The molecule has 1 aliphatic heterocycles. The molecule has 3 N–H and O–H groups in total. The number of rotatable bonds is 3. The molecule has 0 atom stereocenters. The number of nitrogens with one attached hydrogen (secondary N) is 1. The maximum Gasteiger partial charge on any atom is 0.237 e. The Morgan fingerprint density at radius 3 is 2.71 bits per heavy atom. The first kappa shape index (κ1) is 11.9. The molecule has 0 aromatic carbocycles. The van der Waals surface area contributed by atoms with Gasteiger partial charge in [0.05, 0.1) is 11.9 Å². The number of nitrogens with zero attached hydrogens (tertiary/aromatic N) is 2. The van der Waals surface area contributed by atoms with E-state index in [1.54, 1.807) is 13.2 Å². The molecule has 2 rings (SSSR count). The second-order valence-electron chi connectivity index (χ2n) is 4.39. The average Bonchev–Trinajstić information content (AvgIpc) is 2.39. The molecular weight excluding hydrogens is 216 g/mol. The highest BCUT2D eigenvalue weighted by atomic mass is 16.1. The number of primary amides is 1. The van der Waals surface area contributed by atoms with Crippen LogP contribution in [0.3, 0.4) is 0 Å². The van der Waals surface area contributed by atoms with Crippen LogP contribution in [0.5, 0.6) is 0 Å². The third-order valence-corrected chi connectivity index (χ3v) is 3.58. The first-order valence-corrected chi connectivity index (χ1v) is 5.82. The molecule has 5 nitrogen and oxygen atoms in total. The number of hydrogen-bond donors (Lipinski definition) is 2. The molecule has 1 saturated heterocycles. The second kappa shape index (κ2) is 4.71. The van der Waals surface area contributed by atoms with Crippen LogP contribution in [0.1, 0.15) is 12.8 Å². The minimum atomic E-state index is -0.543. The quantitative estimate of drug-likeness (QED) is 0.779. The van der Waals surface area contributed by atoms with E-state index in [0.29, 0.717) is 0 Å². The Morgan fingerprint density at radius 1 is 1.53 bits per heavy atom. The number of carbonyl (C=O) groups excluding carboxylic acids is 1. The number of aromatic nitrogens is 1. The zero-order chi connectivity index (χ0) is 12.3. The summed E-state index contributed by atoms with van der Waals surface area (Å²) in [4.78, 5) is 17.8. The molecule has 17 heavy (non-hydrogen) atoms. The summed E-state index contributed by atoms with van der Waals surface area (Å²) in [6.07, 6.45) is 5.06. The molecule has 0 unspecified atom stereocenters. The van der Waals surface area contributed by atoms with Crippen LogP contribution >= 0.6 is 0 Å². The maximum absolute atomic E-state index is 11.5. The van der Waals surface area contributed by atoms with E-state index in [-0.39, 0.29) is 5.91 Å². The van der Waals surface area contributed by atoms with Crippen molar-refractivity contribution in [3.8, 4) is 0 Å². The van der Waals surface area contributed by atoms with E-state index in [9.17, 15) is 4.79 Å². The molecule has 1 aromatic heterocycles. The number of carbonyl (C=O) groups is 1. The monoisotopic (exact) mass is 234 g/mol. The van der Waals surface area contributed by atoms with Crippen LogP contribution in [-0.2, 0) is 4.79 Å². The molecule has 1 amide bonds. The molecule has 1 fully saturated rings. The summed E-state index contributed by atoms with van der Waals surface area (Å²) < 4.78 is 0. The van der Waals surface area contributed by atoms with E-state index < -0.39 is 5.54 Å². The second-order valence-corrected chi connectivity index (χ2v) is 4.39. The highest BCUT2D eigenvalue weighted by molar-refractivity contribution is 5.85. The Hall–Kier alpha value is -1.62. The summed E-state index contributed by atoms with van der Waals surface area (Å²) >= 11 is 0.